The number of aliphatic hydroxyl groups is 1. The molecule has 0 fully saturated rings. The molecule has 1 N–H and O–H groups in total. The Labute approximate surface area is 106 Å². The molecule has 0 amide bonds. The van der Waals surface area contributed by atoms with Crippen LogP contribution >= 0.6 is 0 Å². The highest BCUT2D eigenvalue weighted by atomic mass is 19.1. The minimum atomic E-state index is -0.278. The largest absolute Gasteiger partial charge is 0.392 e. The van der Waals surface area contributed by atoms with E-state index >= 15 is 0 Å². The summed E-state index contributed by atoms with van der Waals surface area (Å²) in [6.07, 6.45) is 1.83. The maximum Gasteiger partial charge on any atom is 0.123 e. The van der Waals surface area contributed by atoms with Crippen molar-refractivity contribution in [2.24, 2.45) is 0 Å². The monoisotopic (exact) mass is 248 g/mol. The van der Waals surface area contributed by atoms with E-state index in [-0.39, 0.29) is 18.0 Å². The van der Waals surface area contributed by atoms with Crippen LogP contribution < -0.4 is 0 Å². The highest BCUT2D eigenvalue weighted by Crippen LogP contribution is 2.25. The minimum absolute atomic E-state index is 0.0806. The summed E-state index contributed by atoms with van der Waals surface area (Å²) in [6, 6.07) is 6.13. The Morgan fingerprint density at radius 3 is 2.33 bits per heavy atom. The smallest absolute Gasteiger partial charge is 0.123 e. The number of benzene rings is 1. The third-order valence-corrected chi connectivity index (χ3v) is 2.77. The molecule has 18 heavy (non-hydrogen) atoms. The molecule has 96 valence electrons. The van der Waals surface area contributed by atoms with Gasteiger partial charge in [0.15, 0.2) is 0 Å². The van der Waals surface area contributed by atoms with Crippen molar-refractivity contribution < 1.29 is 9.50 Å². The van der Waals surface area contributed by atoms with Crippen molar-refractivity contribution in [3.05, 3.63) is 41.8 Å². The van der Waals surface area contributed by atoms with E-state index in [2.05, 4.69) is 5.10 Å². The van der Waals surface area contributed by atoms with Crippen molar-refractivity contribution in [1.29, 1.82) is 0 Å². The van der Waals surface area contributed by atoms with E-state index in [1.807, 2.05) is 31.6 Å². The molecule has 2 rings (SSSR count). The Balaban J connectivity index is 2.50. The maximum atomic E-state index is 12.9. The van der Waals surface area contributed by atoms with Crippen molar-refractivity contribution >= 4 is 0 Å². The van der Waals surface area contributed by atoms with Gasteiger partial charge in [-0.3, -0.25) is 4.68 Å². The quantitative estimate of drug-likeness (QED) is 0.887. The van der Waals surface area contributed by atoms with Gasteiger partial charge in [0.05, 0.1) is 17.8 Å². The van der Waals surface area contributed by atoms with E-state index in [1.54, 1.807) is 12.1 Å². The molecule has 3 nitrogen and oxygen atoms in total. The van der Waals surface area contributed by atoms with E-state index in [0.717, 1.165) is 11.1 Å². The molecule has 0 bridgehead atoms. The summed E-state index contributed by atoms with van der Waals surface area (Å²) >= 11 is 0. The second-order valence-corrected chi connectivity index (χ2v) is 5.28. The third kappa shape index (κ3) is 2.43. The molecular weight excluding hydrogens is 231 g/mol. The van der Waals surface area contributed by atoms with E-state index in [1.165, 1.54) is 12.1 Å². The van der Waals surface area contributed by atoms with Crippen LogP contribution in [0.25, 0.3) is 11.3 Å². The predicted octanol–water partition coefficient (Wildman–Crippen LogP) is 2.94. The van der Waals surface area contributed by atoms with Crippen molar-refractivity contribution in [1.82, 2.24) is 9.78 Å². The van der Waals surface area contributed by atoms with E-state index in [9.17, 15) is 9.50 Å². The van der Waals surface area contributed by atoms with Crippen molar-refractivity contribution in [3.8, 4) is 11.3 Å². The number of rotatable bonds is 2. The topological polar surface area (TPSA) is 38.0 Å². The van der Waals surface area contributed by atoms with Gasteiger partial charge in [-0.15, -0.1) is 0 Å². The lowest BCUT2D eigenvalue weighted by atomic mass is 10.1. The SMILES string of the molecule is CC(C)(C)n1cc(CO)c(-c2ccc(F)cc2)n1. The molecule has 0 spiro atoms. The van der Waals surface area contributed by atoms with Gasteiger partial charge in [0.25, 0.3) is 0 Å². The Morgan fingerprint density at radius 2 is 1.83 bits per heavy atom. The van der Waals surface area contributed by atoms with Crippen molar-refractivity contribution in [2.45, 2.75) is 32.9 Å². The summed E-state index contributed by atoms with van der Waals surface area (Å²) < 4.78 is 14.7. The van der Waals surface area contributed by atoms with Crippen LogP contribution in [0.3, 0.4) is 0 Å². The number of aliphatic hydroxyl groups excluding tert-OH is 1. The van der Waals surface area contributed by atoms with Gasteiger partial charge in [-0.1, -0.05) is 0 Å². The molecule has 1 aromatic heterocycles. The molecule has 0 atom stereocenters. The Hall–Kier alpha value is -1.68. The average molecular weight is 248 g/mol. The lowest BCUT2D eigenvalue weighted by Crippen LogP contribution is -2.22. The second-order valence-electron chi connectivity index (χ2n) is 5.28. The molecule has 1 heterocycles. The van der Waals surface area contributed by atoms with E-state index < -0.39 is 0 Å². The molecule has 2 aromatic rings. The fraction of sp³-hybridized carbons (Fsp3) is 0.357. The van der Waals surface area contributed by atoms with Gasteiger partial charge in [-0.25, -0.2) is 4.39 Å². The zero-order valence-electron chi connectivity index (χ0n) is 10.8. The predicted molar refractivity (Wildman–Crippen MR) is 68.5 cm³/mol. The third-order valence-electron chi connectivity index (χ3n) is 2.77. The molecule has 1 aromatic carbocycles. The molecule has 4 heteroatoms. The maximum absolute atomic E-state index is 12.9. The fourth-order valence-electron chi connectivity index (χ4n) is 1.72. The lowest BCUT2D eigenvalue weighted by Gasteiger charge is -2.18. The first-order valence-corrected chi connectivity index (χ1v) is 5.87. The molecular formula is C14H17FN2O. The summed E-state index contributed by atoms with van der Waals surface area (Å²) in [5.74, 6) is -0.278. The summed E-state index contributed by atoms with van der Waals surface area (Å²) in [5, 5.41) is 13.9. The fourth-order valence-corrected chi connectivity index (χ4v) is 1.72. The Kier molecular flexibility index (Phi) is 3.22. The number of hydrogen-bond acceptors (Lipinski definition) is 2. The van der Waals surface area contributed by atoms with Gasteiger partial charge in [0.2, 0.25) is 0 Å². The second kappa shape index (κ2) is 4.53. The summed E-state index contributed by atoms with van der Waals surface area (Å²) in [6.45, 7) is 6.03. The van der Waals surface area contributed by atoms with Crippen LogP contribution in [-0.4, -0.2) is 14.9 Å². The Morgan fingerprint density at radius 1 is 1.22 bits per heavy atom. The molecule has 0 aliphatic carbocycles. The highest BCUT2D eigenvalue weighted by Gasteiger charge is 2.18. The average Bonchev–Trinajstić information content (AvgIpc) is 2.73. The van der Waals surface area contributed by atoms with Crippen LogP contribution in [0.2, 0.25) is 0 Å². The number of nitrogens with zero attached hydrogens (tertiary/aromatic N) is 2. The lowest BCUT2D eigenvalue weighted by molar-refractivity contribution is 0.281. The standard InChI is InChI=1S/C14H17FN2O/c1-14(2,3)17-8-11(9-18)13(16-17)10-4-6-12(15)7-5-10/h4-8,18H,9H2,1-3H3. The van der Waals surface area contributed by atoms with Crippen LogP contribution in [0.5, 0.6) is 0 Å². The van der Waals surface area contributed by atoms with Gasteiger partial charge in [0.1, 0.15) is 5.82 Å². The zero-order valence-corrected chi connectivity index (χ0v) is 10.8. The van der Waals surface area contributed by atoms with E-state index in [0.29, 0.717) is 5.69 Å². The number of halogens is 1. The minimum Gasteiger partial charge on any atom is -0.392 e. The number of aromatic nitrogens is 2. The first kappa shape index (κ1) is 12.8. The molecule has 0 aliphatic rings. The van der Waals surface area contributed by atoms with Gasteiger partial charge in [-0.2, -0.15) is 5.10 Å². The highest BCUT2D eigenvalue weighted by molar-refractivity contribution is 5.62. The van der Waals surface area contributed by atoms with Crippen LogP contribution in [0.4, 0.5) is 4.39 Å². The van der Waals surface area contributed by atoms with Crippen molar-refractivity contribution in [2.75, 3.05) is 0 Å². The first-order chi connectivity index (χ1) is 8.41. The molecule has 0 radical (unpaired) electrons. The Bertz CT molecular complexity index is 538. The van der Waals surface area contributed by atoms with Gasteiger partial charge >= 0.3 is 0 Å². The molecule has 0 saturated carbocycles. The summed E-state index contributed by atoms with van der Waals surface area (Å²) in [7, 11) is 0. The number of hydrogen-bond donors (Lipinski definition) is 1. The van der Waals surface area contributed by atoms with Gasteiger partial charge in [0, 0.05) is 17.3 Å². The van der Waals surface area contributed by atoms with Crippen LogP contribution in [0.1, 0.15) is 26.3 Å². The normalized spacial score (nSPS) is 11.8. The first-order valence-electron chi connectivity index (χ1n) is 5.87. The van der Waals surface area contributed by atoms with Crippen LogP contribution in [0.15, 0.2) is 30.5 Å². The molecule has 0 saturated heterocycles. The van der Waals surface area contributed by atoms with E-state index in [4.69, 9.17) is 0 Å². The summed E-state index contributed by atoms with van der Waals surface area (Å²) in [4.78, 5) is 0. The molecule has 0 aliphatic heterocycles. The van der Waals surface area contributed by atoms with Crippen LogP contribution in [0, 0.1) is 5.82 Å². The van der Waals surface area contributed by atoms with Gasteiger partial charge < -0.3 is 5.11 Å². The van der Waals surface area contributed by atoms with Crippen LogP contribution in [-0.2, 0) is 12.1 Å². The zero-order chi connectivity index (χ0) is 13.3. The van der Waals surface area contributed by atoms with Crippen molar-refractivity contribution in [3.63, 3.8) is 0 Å². The molecule has 0 unspecified atom stereocenters. The summed E-state index contributed by atoms with van der Waals surface area (Å²) in [5.41, 5.74) is 2.11. The van der Waals surface area contributed by atoms with Gasteiger partial charge in [-0.05, 0) is 45.0 Å².